The molecule has 0 aliphatic rings. The van der Waals surface area contributed by atoms with Crippen molar-refractivity contribution in [3.8, 4) is 22.9 Å². The summed E-state index contributed by atoms with van der Waals surface area (Å²) in [5.74, 6) is 2.01. The number of carbonyl (C=O) groups excluding carboxylic acids is 1. The van der Waals surface area contributed by atoms with Crippen LogP contribution in [-0.2, 0) is 17.6 Å². The summed E-state index contributed by atoms with van der Waals surface area (Å²) in [6, 6.07) is 27.3. The Morgan fingerprint density at radius 3 is 2.26 bits per heavy atom. The molecule has 0 saturated carbocycles. The van der Waals surface area contributed by atoms with Gasteiger partial charge in [-0.3, -0.25) is 14.2 Å². The van der Waals surface area contributed by atoms with Gasteiger partial charge in [-0.25, -0.2) is 4.98 Å². The van der Waals surface area contributed by atoms with Gasteiger partial charge in [-0.05, 0) is 91.1 Å². The summed E-state index contributed by atoms with van der Waals surface area (Å²) >= 11 is 6.05. The van der Waals surface area contributed by atoms with Crippen molar-refractivity contribution >= 4 is 28.4 Å². The first kappa shape index (κ1) is 32.6. The minimum atomic E-state index is -0.537. The van der Waals surface area contributed by atoms with Crippen molar-refractivity contribution < 1.29 is 19.0 Å². The summed E-state index contributed by atoms with van der Waals surface area (Å²) in [7, 11) is 3.19. The molecule has 1 amide bonds. The number of amides is 1. The predicted molar refractivity (Wildman–Crippen MR) is 182 cm³/mol. The van der Waals surface area contributed by atoms with Gasteiger partial charge >= 0.3 is 0 Å². The van der Waals surface area contributed by atoms with Gasteiger partial charge in [-0.1, -0.05) is 55.8 Å². The van der Waals surface area contributed by atoms with Crippen molar-refractivity contribution in [2.75, 3.05) is 27.4 Å². The molecule has 238 valence electrons. The predicted octanol–water partition coefficient (Wildman–Crippen LogP) is 7.22. The van der Waals surface area contributed by atoms with Crippen molar-refractivity contribution in [2.24, 2.45) is 0 Å². The Balaban J connectivity index is 1.58. The van der Waals surface area contributed by atoms with Crippen LogP contribution >= 0.6 is 11.6 Å². The summed E-state index contributed by atoms with van der Waals surface area (Å²) in [6.45, 7) is 4.22. The standard InChI is InChI=1S/C37H38ClN3O5/c1-5-25-11-16-28(17-12-25)41-36(39-31-10-8-7-9-30(31)37(41)43)32(6-2)40(35(42)24-46-29-18-14-27(38)15-19-29)22-21-26-13-20-33(44-3)34(23-26)45-4/h7-20,23,32H,5-6,21-22,24H2,1-4H3. The number of fused-ring (bicyclic) bond motifs is 1. The fourth-order valence-corrected chi connectivity index (χ4v) is 5.67. The lowest BCUT2D eigenvalue weighted by Gasteiger charge is -2.32. The normalized spacial score (nSPS) is 11.7. The summed E-state index contributed by atoms with van der Waals surface area (Å²) < 4.78 is 18.5. The maximum atomic E-state index is 14.1. The highest BCUT2D eigenvalue weighted by molar-refractivity contribution is 6.30. The maximum absolute atomic E-state index is 14.1. The van der Waals surface area contributed by atoms with Crippen molar-refractivity contribution in [3.05, 3.63) is 123 Å². The Morgan fingerprint density at radius 2 is 1.59 bits per heavy atom. The van der Waals surface area contributed by atoms with E-state index in [-0.39, 0.29) is 18.1 Å². The number of aromatic nitrogens is 2. The van der Waals surface area contributed by atoms with Crippen molar-refractivity contribution in [2.45, 2.75) is 39.2 Å². The van der Waals surface area contributed by atoms with Crippen LogP contribution in [0.5, 0.6) is 17.2 Å². The molecular weight excluding hydrogens is 602 g/mol. The third-order valence-corrected chi connectivity index (χ3v) is 8.30. The molecule has 1 atom stereocenters. The van der Waals surface area contributed by atoms with Crippen LogP contribution in [0.2, 0.25) is 5.02 Å². The van der Waals surface area contributed by atoms with Crippen LogP contribution < -0.4 is 19.8 Å². The molecule has 4 aromatic carbocycles. The Hall–Kier alpha value is -4.82. The van der Waals surface area contributed by atoms with E-state index in [9.17, 15) is 9.59 Å². The third-order valence-electron chi connectivity index (χ3n) is 8.05. The second kappa shape index (κ2) is 15.0. The number of aryl methyl sites for hydroxylation is 1. The van der Waals surface area contributed by atoms with Crippen molar-refractivity contribution in [1.29, 1.82) is 0 Å². The van der Waals surface area contributed by atoms with E-state index in [4.69, 9.17) is 30.8 Å². The van der Waals surface area contributed by atoms with Gasteiger partial charge in [-0.2, -0.15) is 0 Å². The zero-order chi connectivity index (χ0) is 32.6. The number of ether oxygens (including phenoxy) is 3. The monoisotopic (exact) mass is 639 g/mol. The molecule has 1 heterocycles. The van der Waals surface area contributed by atoms with Crippen LogP contribution in [-0.4, -0.2) is 47.7 Å². The molecule has 9 heteroatoms. The summed E-state index contributed by atoms with van der Waals surface area (Å²) in [5.41, 5.74) is 3.20. The van der Waals surface area contributed by atoms with Crippen LogP contribution in [0.25, 0.3) is 16.6 Å². The second-order valence-corrected chi connectivity index (χ2v) is 11.3. The molecule has 1 unspecified atom stereocenters. The number of para-hydroxylation sites is 1. The van der Waals surface area contributed by atoms with Gasteiger partial charge in [0.05, 0.1) is 36.9 Å². The Kier molecular flexibility index (Phi) is 10.6. The molecular formula is C37H38ClN3O5. The van der Waals surface area contributed by atoms with Crippen LogP contribution in [0, 0.1) is 0 Å². The first-order valence-corrected chi connectivity index (χ1v) is 15.7. The van der Waals surface area contributed by atoms with E-state index in [1.165, 1.54) is 0 Å². The number of halogens is 1. The average molecular weight is 640 g/mol. The zero-order valence-electron chi connectivity index (χ0n) is 26.5. The van der Waals surface area contributed by atoms with Crippen LogP contribution in [0.3, 0.4) is 0 Å². The van der Waals surface area contributed by atoms with Gasteiger partial charge < -0.3 is 19.1 Å². The first-order chi connectivity index (χ1) is 22.4. The highest BCUT2D eigenvalue weighted by Crippen LogP contribution is 2.30. The van der Waals surface area contributed by atoms with E-state index in [1.807, 2.05) is 67.6 Å². The van der Waals surface area contributed by atoms with Gasteiger partial charge in [-0.15, -0.1) is 0 Å². The maximum Gasteiger partial charge on any atom is 0.266 e. The molecule has 0 radical (unpaired) electrons. The van der Waals surface area contributed by atoms with E-state index in [0.29, 0.717) is 64.1 Å². The molecule has 0 saturated heterocycles. The lowest BCUT2D eigenvalue weighted by atomic mass is 10.1. The largest absolute Gasteiger partial charge is 0.493 e. The fraction of sp³-hybridized carbons (Fsp3) is 0.270. The SMILES string of the molecule is CCc1ccc(-n2c(C(CC)N(CCc3ccc(OC)c(OC)c3)C(=O)COc3ccc(Cl)cc3)nc3ccccc3c2=O)cc1. The third kappa shape index (κ3) is 7.18. The van der Waals surface area contributed by atoms with Gasteiger partial charge in [0.2, 0.25) is 0 Å². The number of hydrogen-bond acceptors (Lipinski definition) is 6. The summed E-state index contributed by atoms with van der Waals surface area (Å²) in [6.07, 6.45) is 1.91. The smallest absolute Gasteiger partial charge is 0.266 e. The molecule has 0 N–H and O–H groups in total. The molecule has 0 aliphatic carbocycles. The second-order valence-electron chi connectivity index (χ2n) is 10.8. The number of carbonyl (C=O) groups is 1. The topological polar surface area (TPSA) is 82.9 Å². The molecule has 5 rings (SSSR count). The molecule has 0 aliphatic heterocycles. The van der Waals surface area contributed by atoms with E-state index in [0.717, 1.165) is 17.5 Å². The van der Waals surface area contributed by atoms with E-state index < -0.39 is 6.04 Å². The Bertz CT molecular complexity index is 1860. The first-order valence-electron chi connectivity index (χ1n) is 15.4. The van der Waals surface area contributed by atoms with Gasteiger partial charge in [0.1, 0.15) is 11.6 Å². The molecule has 46 heavy (non-hydrogen) atoms. The quantitative estimate of drug-likeness (QED) is 0.135. The zero-order valence-corrected chi connectivity index (χ0v) is 27.3. The number of methoxy groups -OCH3 is 2. The number of nitrogens with zero attached hydrogens (tertiary/aromatic N) is 3. The van der Waals surface area contributed by atoms with Crippen LogP contribution in [0.1, 0.15) is 43.3 Å². The van der Waals surface area contributed by atoms with Crippen molar-refractivity contribution in [3.63, 3.8) is 0 Å². The lowest BCUT2D eigenvalue weighted by molar-refractivity contribution is -0.136. The highest BCUT2D eigenvalue weighted by Gasteiger charge is 2.29. The summed E-state index contributed by atoms with van der Waals surface area (Å²) in [5, 5.41) is 1.09. The number of hydrogen-bond donors (Lipinski definition) is 0. The molecule has 1 aromatic heterocycles. The van der Waals surface area contributed by atoms with Gasteiger partial charge in [0.15, 0.2) is 18.1 Å². The van der Waals surface area contributed by atoms with Gasteiger partial charge in [0.25, 0.3) is 11.5 Å². The van der Waals surface area contributed by atoms with Crippen molar-refractivity contribution in [1.82, 2.24) is 14.5 Å². The van der Waals surface area contributed by atoms with Crippen LogP contribution in [0.4, 0.5) is 0 Å². The minimum Gasteiger partial charge on any atom is -0.493 e. The molecule has 0 fully saturated rings. The molecule has 0 bridgehead atoms. The van der Waals surface area contributed by atoms with Gasteiger partial charge in [0, 0.05) is 11.6 Å². The molecule has 8 nitrogen and oxygen atoms in total. The number of benzene rings is 4. The van der Waals surface area contributed by atoms with E-state index in [1.54, 1.807) is 54.0 Å². The number of rotatable bonds is 13. The fourth-order valence-electron chi connectivity index (χ4n) is 5.54. The lowest BCUT2D eigenvalue weighted by Crippen LogP contribution is -2.42. The van der Waals surface area contributed by atoms with E-state index >= 15 is 0 Å². The molecule has 0 spiro atoms. The van der Waals surface area contributed by atoms with Crippen LogP contribution in [0.15, 0.2) is 95.8 Å². The molecule has 5 aromatic rings. The average Bonchev–Trinajstić information content (AvgIpc) is 3.09. The van der Waals surface area contributed by atoms with E-state index in [2.05, 4.69) is 6.92 Å². The Labute approximate surface area is 274 Å². The summed E-state index contributed by atoms with van der Waals surface area (Å²) in [4.78, 5) is 35.0. The highest BCUT2D eigenvalue weighted by atomic mass is 35.5. The minimum absolute atomic E-state index is 0.187. The Morgan fingerprint density at radius 1 is 0.891 bits per heavy atom.